The van der Waals surface area contributed by atoms with E-state index in [4.69, 9.17) is 0 Å². The second-order valence-electron chi connectivity index (χ2n) is 6.45. The van der Waals surface area contributed by atoms with Crippen molar-refractivity contribution in [2.45, 2.75) is 58.5 Å². The summed E-state index contributed by atoms with van der Waals surface area (Å²) in [5.41, 5.74) is 0.175. The Kier molecular flexibility index (Phi) is 1.99. The van der Waals surface area contributed by atoms with Gasteiger partial charge in [0, 0.05) is 0 Å². The molecule has 2 aliphatic rings. The van der Waals surface area contributed by atoms with Gasteiger partial charge in [0.1, 0.15) is 0 Å². The van der Waals surface area contributed by atoms with Crippen LogP contribution < -0.4 is 0 Å². The molecule has 0 aromatic carbocycles. The third-order valence-electron chi connectivity index (χ3n) is 3.81. The molecule has 1 nitrogen and oxygen atoms in total. The molecule has 0 amide bonds. The predicted octanol–water partition coefficient (Wildman–Crippen LogP) is 2.97. The van der Waals surface area contributed by atoms with Crippen molar-refractivity contribution in [2.75, 3.05) is 0 Å². The van der Waals surface area contributed by atoms with Crippen molar-refractivity contribution in [1.82, 2.24) is 0 Å². The maximum absolute atomic E-state index is 10.1. The van der Waals surface area contributed by atoms with E-state index in [9.17, 15) is 5.11 Å². The van der Waals surface area contributed by atoms with Crippen LogP contribution in [0.1, 0.15) is 52.9 Å². The molecule has 0 aliphatic heterocycles. The molecule has 1 N–H and O–H groups in total. The lowest BCUT2D eigenvalue weighted by Gasteiger charge is -2.48. The molecule has 2 unspecified atom stereocenters. The molecule has 0 saturated heterocycles. The van der Waals surface area contributed by atoms with Crippen LogP contribution in [0, 0.1) is 17.3 Å². The largest absolute Gasteiger partial charge is 0.390 e. The van der Waals surface area contributed by atoms with Gasteiger partial charge in [0.05, 0.1) is 5.60 Å². The van der Waals surface area contributed by atoms with Gasteiger partial charge in [-0.1, -0.05) is 13.8 Å². The number of hydrogen-bond donors (Lipinski definition) is 1. The molecule has 0 aromatic heterocycles. The number of rotatable bonds is 0. The lowest BCUT2D eigenvalue weighted by Crippen LogP contribution is -2.42. The molecule has 0 heterocycles. The molecule has 76 valence electrons. The summed E-state index contributed by atoms with van der Waals surface area (Å²) in [6, 6.07) is 0. The van der Waals surface area contributed by atoms with E-state index in [1.165, 1.54) is 19.3 Å². The van der Waals surface area contributed by atoms with Crippen molar-refractivity contribution in [3.8, 4) is 0 Å². The van der Waals surface area contributed by atoms with E-state index in [0.717, 1.165) is 24.7 Å². The van der Waals surface area contributed by atoms with Crippen molar-refractivity contribution in [1.29, 1.82) is 0 Å². The molecule has 2 atom stereocenters. The number of hydrogen-bond acceptors (Lipinski definition) is 1. The van der Waals surface area contributed by atoms with Gasteiger partial charge in [-0.3, -0.25) is 0 Å². The third kappa shape index (κ3) is 2.07. The number of fused-ring (bicyclic) bond motifs is 2. The van der Waals surface area contributed by atoms with E-state index in [1.807, 2.05) is 6.92 Å². The van der Waals surface area contributed by atoms with Gasteiger partial charge >= 0.3 is 0 Å². The van der Waals surface area contributed by atoms with Crippen molar-refractivity contribution >= 4 is 0 Å². The van der Waals surface area contributed by atoms with Crippen LogP contribution in [-0.2, 0) is 0 Å². The first kappa shape index (κ1) is 9.51. The summed E-state index contributed by atoms with van der Waals surface area (Å²) in [6.07, 6.45) is 6.08. The highest BCUT2D eigenvalue weighted by Gasteiger charge is 2.43. The van der Waals surface area contributed by atoms with E-state index in [2.05, 4.69) is 13.8 Å². The molecule has 2 saturated carbocycles. The van der Waals surface area contributed by atoms with Crippen molar-refractivity contribution in [3.63, 3.8) is 0 Å². The first-order chi connectivity index (χ1) is 5.86. The minimum atomic E-state index is -0.357. The standard InChI is InChI=1S/C12H22O/c1-11(2)5-9-4-10(6-11)8-12(3,13)7-9/h9-10,13H,4-8H2,1-3H3. The third-order valence-corrected chi connectivity index (χ3v) is 3.81. The molecule has 2 bridgehead atoms. The molecule has 0 aromatic rings. The zero-order valence-corrected chi connectivity index (χ0v) is 9.14. The van der Waals surface area contributed by atoms with Crippen LogP contribution in [-0.4, -0.2) is 10.7 Å². The summed E-state index contributed by atoms with van der Waals surface area (Å²) in [5.74, 6) is 1.58. The van der Waals surface area contributed by atoms with Gasteiger partial charge < -0.3 is 5.11 Å². The first-order valence-electron chi connectivity index (χ1n) is 5.59. The topological polar surface area (TPSA) is 20.2 Å². The summed E-state index contributed by atoms with van der Waals surface area (Å²) in [5, 5.41) is 10.1. The molecule has 2 aliphatic carbocycles. The van der Waals surface area contributed by atoms with E-state index >= 15 is 0 Å². The zero-order chi connectivity index (χ0) is 9.69. The number of aliphatic hydroxyl groups is 1. The fourth-order valence-corrected chi connectivity index (χ4v) is 3.92. The molecule has 2 fully saturated rings. The molecule has 13 heavy (non-hydrogen) atoms. The lowest BCUT2D eigenvalue weighted by molar-refractivity contribution is -0.0608. The Labute approximate surface area is 81.5 Å². The van der Waals surface area contributed by atoms with Gasteiger partial charge in [0.25, 0.3) is 0 Å². The van der Waals surface area contributed by atoms with E-state index < -0.39 is 0 Å². The summed E-state index contributed by atoms with van der Waals surface area (Å²) in [4.78, 5) is 0. The fraction of sp³-hybridized carbons (Fsp3) is 1.00. The van der Waals surface area contributed by atoms with E-state index in [0.29, 0.717) is 5.41 Å². The summed E-state index contributed by atoms with van der Waals surface area (Å²) < 4.78 is 0. The Morgan fingerprint density at radius 1 is 0.923 bits per heavy atom. The SMILES string of the molecule is CC1(C)CC2CC(C1)CC(C)(O)C2. The Balaban J connectivity index is 2.10. The quantitative estimate of drug-likeness (QED) is 0.610. The highest BCUT2D eigenvalue weighted by Crippen LogP contribution is 2.50. The van der Waals surface area contributed by atoms with Crippen LogP contribution in [0.5, 0.6) is 0 Å². The Hall–Kier alpha value is -0.0400. The Morgan fingerprint density at radius 2 is 1.38 bits per heavy atom. The molecule has 1 heteroatoms. The predicted molar refractivity (Wildman–Crippen MR) is 54.5 cm³/mol. The van der Waals surface area contributed by atoms with Gasteiger partial charge in [0.2, 0.25) is 0 Å². The molecular formula is C12H22O. The van der Waals surface area contributed by atoms with Crippen LogP contribution >= 0.6 is 0 Å². The Morgan fingerprint density at radius 3 is 1.85 bits per heavy atom. The van der Waals surface area contributed by atoms with E-state index in [1.54, 1.807) is 0 Å². The smallest absolute Gasteiger partial charge is 0.0625 e. The van der Waals surface area contributed by atoms with E-state index in [-0.39, 0.29) is 5.60 Å². The van der Waals surface area contributed by atoms with Gasteiger partial charge in [-0.05, 0) is 56.3 Å². The Bertz CT molecular complexity index is 167. The summed E-state index contributed by atoms with van der Waals surface area (Å²) >= 11 is 0. The van der Waals surface area contributed by atoms with Crippen LogP contribution in [0.3, 0.4) is 0 Å². The highest BCUT2D eigenvalue weighted by atomic mass is 16.3. The van der Waals surface area contributed by atoms with Crippen LogP contribution in [0.25, 0.3) is 0 Å². The van der Waals surface area contributed by atoms with Crippen molar-refractivity contribution in [2.24, 2.45) is 17.3 Å². The second-order valence-corrected chi connectivity index (χ2v) is 6.45. The molecule has 0 radical (unpaired) electrons. The van der Waals surface area contributed by atoms with Crippen molar-refractivity contribution in [3.05, 3.63) is 0 Å². The molecular weight excluding hydrogens is 160 g/mol. The average Bonchev–Trinajstić information content (AvgIpc) is 1.75. The van der Waals surface area contributed by atoms with Crippen LogP contribution in [0.15, 0.2) is 0 Å². The summed E-state index contributed by atoms with van der Waals surface area (Å²) in [7, 11) is 0. The van der Waals surface area contributed by atoms with Gasteiger partial charge in [-0.15, -0.1) is 0 Å². The summed E-state index contributed by atoms with van der Waals surface area (Å²) in [6.45, 7) is 6.78. The first-order valence-corrected chi connectivity index (χ1v) is 5.59. The monoisotopic (exact) mass is 182 g/mol. The van der Waals surface area contributed by atoms with Crippen LogP contribution in [0.4, 0.5) is 0 Å². The molecule has 0 spiro atoms. The minimum Gasteiger partial charge on any atom is -0.390 e. The lowest BCUT2D eigenvalue weighted by atomic mass is 9.59. The normalized spacial score (nSPS) is 48.9. The van der Waals surface area contributed by atoms with Gasteiger partial charge in [-0.2, -0.15) is 0 Å². The fourth-order valence-electron chi connectivity index (χ4n) is 3.92. The maximum atomic E-state index is 10.1. The van der Waals surface area contributed by atoms with Crippen LogP contribution in [0.2, 0.25) is 0 Å². The minimum absolute atomic E-state index is 0.357. The van der Waals surface area contributed by atoms with Gasteiger partial charge in [0.15, 0.2) is 0 Å². The maximum Gasteiger partial charge on any atom is 0.0625 e. The highest BCUT2D eigenvalue weighted by molar-refractivity contribution is 4.94. The van der Waals surface area contributed by atoms with Gasteiger partial charge in [-0.25, -0.2) is 0 Å². The molecule has 2 rings (SSSR count). The van der Waals surface area contributed by atoms with Crippen molar-refractivity contribution < 1.29 is 5.11 Å². The average molecular weight is 182 g/mol. The zero-order valence-electron chi connectivity index (χ0n) is 9.14. The second kappa shape index (κ2) is 2.73.